The normalized spacial score (nSPS) is 14.8. The van der Waals surface area contributed by atoms with E-state index >= 15 is 0 Å². The number of hydrogen-bond acceptors (Lipinski definition) is 6. The summed E-state index contributed by atoms with van der Waals surface area (Å²) in [6.45, 7) is 0.0937. The van der Waals surface area contributed by atoms with Gasteiger partial charge in [-0.3, -0.25) is 10.1 Å². The van der Waals surface area contributed by atoms with Crippen molar-refractivity contribution in [1.29, 1.82) is 0 Å². The molecule has 1 atom stereocenters. The first-order valence-electron chi connectivity index (χ1n) is 5.36. The van der Waals surface area contributed by atoms with E-state index in [1.54, 1.807) is 0 Å². The van der Waals surface area contributed by atoms with Gasteiger partial charge in [-0.15, -0.1) is 0 Å². The largest absolute Gasteiger partial charge is 0.393 e. The van der Waals surface area contributed by atoms with Gasteiger partial charge in [0, 0.05) is 17.1 Å². The summed E-state index contributed by atoms with van der Waals surface area (Å²) in [5, 5.41) is 29.2. The van der Waals surface area contributed by atoms with Crippen LogP contribution in [0.15, 0.2) is 27.6 Å². The van der Waals surface area contributed by atoms with Crippen molar-refractivity contribution in [1.82, 2.24) is 4.72 Å². The van der Waals surface area contributed by atoms with Crippen molar-refractivity contribution in [2.24, 2.45) is 0 Å². The van der Waals surface area contributed by atoms with Crippen molar-refractivity contribution < 1.29 is 23.6 Å². The van der Waals surface area contributed by atoms with Gasteiger partial charge in [0.1, 0.15) is 0 Å². The fraction of sp³-hybridized carbons (Fsp3) is 0.400. The minimum absolute atomic E-state index is 0.359. The van der Waals surface area contributed by atoms with Crippen molar-refractivity contribution >= 4 is 31.6 Å². The third-order valence-electron chi connectivity index (χ3n) is 2.39. The SMILES string of the molecule is CC(O)(CO)CNS(=O)(=O)c1cc(Br)ccc1[N+](=O)[O-]. The van der Waals surface area contributed by atoms with Gasteiger partial charge in [0.25, 0.3) is 5.69 Å². The Kier molecular flexibility index (Phi) is 5.21. The van der Waals surface area contributed by atoms with Crippen molar-refractivity contribution in [2.45, 2.75) is 17.4 Å². The van der Waals surface area contributed by atoms with Crippen LogP contribution in [0, 0.1) is 10.1 Å². The van der Waals surface area contributed by atoms with Gasteiger partial charge in [-0.05, 0) is 19.1 Å². The molecule has 0 amide bonds. The van der Waals surface area contributed by atoms with Crippen LogP contribution in [0.4, 0.5) is 5.69 Å². The second kappa shape index (κ2) is 6.14. The van der Waals surface area contributed by atoms with Crippen LogP contribution in [-0.4, -0.2) is 42.3 Å². The Balaban J connectivity index is 3.16. The standard InChI is InChI=1S/C10H13BrN2O6S/c1-10(15,6-14)5-12-20(18,19)9-4-7(11)2-3-8(9)13(16)17/h2-4,12,14-15H,5-6H2,1H3. The Labute approximate surface area is 123 Å². The Morgan fingerprint density at radius 2 is 2.10 bits per heavy atom. The van der Waals surface area contributed by atoms with E-state index in [4.69, 9.17) is 5.11 Å². The van der Waals surface area contributed by atoms with Crippen LogP contribution in [-0.2, 0) is 10.0 Å². The molecule has 0 radical (unpaired) electrons. The van der Waals surface area contributed by atoms with E-state index in [9.17, 15) is 23.6 Å². The number of nitro groups is 1. The number of nitro benzene ring substituents is 1. The lowest BCUT2D eigenvalue weighted by molar-refractivity contribution is -0.387. The first-order valence-corrected chi connectivity index (χ1v) is 7.63. The number of hydrogen-bond donors (Lipinski definition) is 3. The molecule has 0 fully saturated rings. The molecule has 0 bridgehead atoms. The Morgan fingerprint density at radius 1 is 1.50 bits per heavy atom. The molecule has 0 aromatic heterocycles. The quantitative estimate of drug-likeness (QED) is 0.491. The highest BCUT2D eigenvalue weighted by Gasteiger charge is 2.29. The Hall–Kier alpha value is -1.07. The molecule has 0 heterocycles. The van der Waals surface area contributed by atoms with Gasteiger partial charge < -0.3 is 10.2 Å². The van der Waals surface area contributed by atoms with Gasteiger partial charge in [0.2, 0.25) is 10.0 Å². The molecule has 0 spiro atoms. The van der Waals surface area contributed by atoms with Crippen LogP contribution in [0.1, 0.15) is 6.92 Å². The highest BCUT2D eigenvalue weighted by molar-refractivity contribution is 9.10. The highest BCUT2D eigenvalue weighted by atomic mass is 79.9. The molecule has 0 aliphatic heterocycles. The summed E-state index contributed by atoms with van der Waals surface area (Å²) < 4.78 is 26.5. The average molecular weight is 369 g/mol. The lowest BCUT2D eigenvalue weighted by Crippen LogP contribution is -2.43. The van der Waals surface area contributed by atoms with Gasteiger partial charge in [-0.2, -0.15) is 0 Å². The van der Waals surface area contributed by atoms with Crippen LogP contribution < -0.4 is 4.72 Å². The maximum absolute atomic E-state index is 12.0. The molecule has 3 N–H and O–H groups in total. The van der Waals surface area contributed by atoms with Crippen molar-refractivity contribution in [3.8, 4) is 0 Å². The third-order valence-corrected chi connectivity index (χ3v) is 4.32. The summed E-state index contributed by atoms with van der Waals surface area (Å²) in [4.78, 5) is 9.51. The second-order valence-electron chi connectivity index (χ2n) is 4.35. The highest BCUT2D eigenvalue weighted by Crippen LogP contribution is 2.27. The summed E-state index contributed by atoms with van der Waals surface area (Å²) in [6, 6.07) is 3.50. The summed E-state index contributed by atoms with van der Waals surface area (Å²) in [6.07, 6.45) is 0. The van der Waals surface area contributed by atoms with Crippen molar-refractivity contribution in [3.05, 3.63) is 32.8 Å². The third kappa shape index (κ3) is 4.21. The fourth-order valence-electron chi connectivity index (χ4n) is 1.24. The number of halogens is 1. The minimum Gasteiger partial charge on any atom is -0.393 e. The molecule has 0 aliphatic carbocycles. The summed E-state index contributed by atoms with van der Waals surface area (Å²) in [7, 11) is -4.19. The van der Waals surface area contributed by atoms with Crippen LogP contribution >= 0.6 is 15.9 Å². The zero-order valence-electron chi connectivity index (χ0n) is 10.4. The number of aliphatic hydroxyl groups is 2. The van der Waals surface area contributed by atoms with Gasteiger partial charge >= 0.3 is 0 Å². The molecule has 1 unspecified atom stereocenters. The average Bonchev–Trinajstić information content (AvgIpc) is 2.36. The van der Waals surface area contributed by atoms with Crippen LogP contribution in [0.25, 0.3) is 0 Å². The first kappa shape index (κ1) is 17.0. The lowest BCUT2D eigenvalue weighted by atomic mass is 10.1. The number of nitrogens with zero attached hydrogens (tertiary/aromatic N) is 1. The molecule has 1 aromatic rings. The van der Waals surface area contributed by atoms with Crippen molar-refractivity contribution in [3.63, 3.8) is 0 Å². The molecule has 0 saturated heterocycles. The number of rotatable bonds is 6. The zero-order valence-corrected chi connectivity index (χ0v) is 12.8. The number of benzene rings is 1. The first-order chi connectivity index (χ1) is 9.09. The minimum atomic E-state index is -4.19. The van der Waals surface area contributed by atoms with E-state index < -0.39 is 44.3 Å². The molecule has 20 heavy (non-hydrogen) atoms. The lowest BCUT2D eigenvalue weighted by Gasteiger charge is -2.20. The summed E-state index contributed by atoms with van der Waals surface area (Å²) in [5.41, 5.74) is -2.24. The fourth-order valence-corrected chi connectivity index (χ4v) is 3.11. The maximum atomic E-state index is 12.0. The summed E-state index contributed by atoms with van der Waals surface area (Å²) >= 11 is 3.04. The van der Waals surface area contributed by atoms with Gasteiger partial charge in [0.15, 0.2) is 4.90 Å². The van der Waals surface area contributed by atoms with E-state index in [0.717, 1.165) is 12.1 Å². The van der Waals surface area contributed by atoms with E-state index in [1.165, 1.54) is 13.0 Å². The molecule has 8 nitrogen and oxygen atoms in total. The number of nitrogens with one attached hydrogen (secondary N) is 1. The number of sulfonamides is 1. The van der Waals surface area contributed by atoms with E-state index in [0.29, 0.717) is 4.47 Å². The monoisotopic (exact) mass is 368 g/mol. The molecule has 0 saturated carbocycles. The molecule has 1 rings (SSSR count). The molecular weight excluding hydrogens is 356 g/mol. The predicted octanol–water partition coefficient (Wildman–Crippen LogP) is 0.379. The van der Waals surface area contributed by atoms with Gasteiger partial charge in [-0.1, -0.05) is 15.9 Å². The molecule has 10 heteroatoms. The van der Waals surface area contributed by atoms with Crippen LogP contribution in [0.2, 0.25) is 0 Å². The summed E-state index contributed by atoms with van der Waals surface area (Å²) in [5.74, 6) is 0. The second-order valence-corrected chi connectivity index (χ2v) is 7.00. The smallest absolute Gasteiger partial charge is 0.289 e. The van der Waals surface area contributed by atoms with Crippen LogP contribution in [0.3, 0.4) is 0 Å². The van der Waals surface area contributed by atoms with Gasteiger partial charge in [0.05, 0.1) is 17.1 Å². The molecule has 1 aromatic carbocycles. The molecular formula is C10H13BrN2O6S. The zero-order chi connectivity index (χ0) is 15.6. The van der Waals surface area contributed by atoms with E-state index in [2.05, 4.69) is 15.9 Å². The molecule has 0 aliphatic rings. The Bertz CT molecular complexity index is 616. The predicted molar refractivity (Wildman–Crippen MR) is 73.7 cm³/mol. The van der Waals surface area contributed by atoms with E-state index in [1.807, 2.05) is 4.72 Å². The van der Waals surface area contributed by atoms with E-state index in [-0.39, 0.29) is 0 Å². The van der Waals surface area contributed by atoms with Gasteiger partial charge in [-0.25, -0.2) is 13.1 Å². The molecule has 112 valence electrons. The van der Waals surface area contributed by atoms with Crippen molar-refractivity contribution in [2.75, 3.05) is 13.2 Å². The Morgan fingerprint density at radius 3 is 2.60 bits per heavy atom. The van der Waals surface area contributed by atoms with Crippen LogP contribution in [0.5, 0.6) is 0 Å². The maximum Gasteiger partial charge on any atom is 0.289 e. The topological polar surface area (TPSA) is 130 Å². The number of aliphatic hydroxyl groups excluding tert-OH is 1.